The number of benzene rings is 1. The molecule has 5 heteroatoms. The zero-order valence-electron chi connectivity index (χ0n) is 12.7. The molecule has 0 saturated heterocycles. The summed E-state index contributed by atoms with van der Waals surface area (Å²) >= 11 is 1.96. The lowest BCUT2D eigenvalue weighted by Gasteiger charge is -2.29. The number of nitrogens with two attached hydrogens (primary N) is 1. The molecule has 1 aliphatic carbocycles. The Morgan fingerprint density at radius 2 is 2.10 bits per heavy atom. The van der Waals surface area contributed by atoms with Gasteiger partial charge in [-0.15, -0.1) is 0 Å². The first-order valence-corrected chi connectivity index (χ1v) is 8.78. The number of rotatable bonds is 5. The first kappa shape index (κ1) is 16.0. The lowest BCUT2D eigenvalue weighted by atomic mass is 9.94. The fourth-order valence-electron chi connectivity index (χ4n) is 2.71. The van der Waals surface area contributed by atoms with Crippen molar-refractivity contribution < 1.29 is 9.53 Å². The molecular formula is C16H24N2O2S. The van der Waals surface area contributed by atoms with Crippen LogP contribution in [0.2, 0.25) is 0 Å². The van der Waals surface area contributed by atoms with Crippen LogP contribution in [0.5, 0.6) is 0 Å². The van der Waals surface area contributed by atoms with Gasteiger partial charge in [-0.05, 0) is 57.1 Å². The van der Waals surface area contributed by atoms with E-state index < -0.39 is 0 Å². The average molecular weight is 308 g/mol. The summed E-state index contributed by atoms with van der Waals surface area (Å²) in [7, 11) is 0. The molecule has 3 N–H and O–H groups in total. The molecule has 0 heterocycles. The molecule has 0 atom stereocenters. The second-order valence-electron chi connectivity index (χ2n) is 5.38. The number of hydrogen-bond acceptors (Lipinski definition) is 5. The molecule has 0 aliphatic heterocycles. The Labute approximate surface area is 130 Å². The highest BCUT2D eigenvalue weighted by Crippen LogP contribution is 2.29. The maximum atomic E-state index is 11.9. The normalized spacial score (nSPS) is 21.8. The number of nitrogen functional groups attached to an aromatic ring is 1. The van der Waals surface area contributed by atoms with Gasteiger partial charge in [0.05, 0.1) is 12.2 Å². The lowest BCUT2D eigenvalue weighted by molar-refractivity contribution is 0.0527. The molecule has 1 fully saturated rings. The minimum absolute atomic E-state index is 0.356. The van der Waals surface area contributed by atoms with E-state index in [-0.39, 0.29) is 5.97 Å². The monoisotopic (exact) mass is 308 g/mol. The van der Waals surface area contributed by atoms with E-state index in [1.54, 1.807) is 19.1 Å². The minimum atomic E-state index is -0.357. The fraction of sp³-hybridized carbons (Fsp3) is 0.562. The number of carbonyl (C=O) groups excluding carboxylic acids is 1. The van der Waals surface area contributed by atoms with E-state index in [1.807, 2.05) is 17.8 Å². The Bertz CT molecular complexity index is 485. The van der Waals surface area contributed by atoms with Crippen molar-refractivity contribution in [1.29, 1.82) is 0 Å². The van der Waals surface area contributed by atoms with Crippen LogP contribution in [-0.2, 0) is 4.74 Å². The largest absolute Gasteiger partial charge is 0.462 e. The predicted octanol–water partition coefficient (Wildman–Crippen LogP) is 3.53. The number of nitrogens with one attached hydrogen (secondary N) is 1. The Hall–Kier alpha value is -1.36. The summed E-state index contributed by atoms with van der Waals surface area (Å²) in [6.45, 7) is 2.15. The van der Waals surface area contributed by atoms with Crippen molar-refractivity contribution in [2.45, 2.75) is 43.9 Å². The van der Waals surface area contributed by atoms with E-state index in [2.05, 4.69) is 11.6 Å². The van der Waals surface area contributed by atoms with Gasteiger partial charge in [0.1, 0.15) is 0 Å². The minimum Gasteiger partial charge on any atom is -0.462 e. The topological polar surface area (TPSA) is 64.3 Å². The number of esters is 1. The molecule has 2 rings (SSSR count). The number of carbonyl (C=O) groups is 1. The van der Waals surface area contributed by atoms with E-state index in [4.69, 9.17) is 10.5 Å². The number of ether oxygens (including phenoxy) is 1. The van der Waals surface area contributed by atoms with E-state index in [0.29, 0.717) is 23.9 Å². The van der Waals surface area contributed by atoms with Crippen molar-refractivity contribution in [3.8, 4) is 0 Å². The first-order chi connectivity index (χ1) is 10.1. The van der Waals surface area contributed by atoms with Gasteiger partial charge in [-0.3, -0.25) is 0 Å². The van der Waals surface area contributed by atoms with Crippen LogP contribution < -0.4 is 11.1 Å². The SMILES string of the molecule is CCOC(=O)c1cc(NC2CCC(SC)CC2)ccc1N. The van der Waals surface area contributed by atoms with Crippen molar-refractivity contribution in [3.63, 3.8) is 0 Å². The highest BCUT2D eigenvalue weighted by Gasteiger charge is 2.20. The van der Waals surface area contributed by atoms with E-state index in [0.717, 1.165) is 10.9 Å². The third-order valence-corrected chi connectivity index (χ3v) is 5.07. The molecule has 1 aromatic rings. The van der Waals surface area contributed by atoms with Gasteiger partial charge < -0.3 is 15.8 Å². The maximum absolute atomic E-state index is 11.9. The van der Waals surface area contributed by atoms with Gasteiger partial charge in [-0.2, -0.15) is 11.8 Å². The summed E-state index contributed by atoms with van der Waals surface area (Å²) < 4.78 is 5.03. The third-order valence-electron chi connectivity index (χ3n) is 3.93. The molecule has 0 spiro atoms. The number of hydrogen-bond donors (Lipinski definition) is 2. The molecule has 0 amide bonds. The fourth-order valence-corrected chi connectivity index (χ4v) is 3.45. The summed E-state index contributed by atoms with van der Waals surface area (Å²) in [6.07, 6.45) is 7.02. The summed E-state index contributed by atoms with van der Waals surface area (Å²) in [5, 5.41) is 4.31. The quantitative estimate of drug-likeness (QED) is 0.643. The third kappa shape index (κ3) is 4.30. The van der Waals surface area contributed by atoms with Gasteiger partial charge >= 0.3 is 5.97 Å². The van der Waals surface area contributed by atoms with Gasteiger partial charge in [0.25, 0.3) is 0 Å². The van der Waals surface area contributed by atoms with Gasteiger partial charge in [0, 0.05) is 22.7 Å². The van der Waals surface area contributed by atoms with Crippen LogP contribution in [0.25, 0.3) is 0 Å². The van der Waals surface area contributed by atoms with Crippen LogP contribution in [0.1, 0.15) is 43.0 Å². The van der Waals surface area contributed by atoms with Gasteiger partial charge in [0.2, 0.25) is 0 Å². The van der Waals surface area contributed by atoms with Crippen molar-refractivity contribution in [2.75, 3.05) is 23.9 Å². The molecule has 0 unspecified atom stereocenters. The first-order valence-electron chi connectivity index (χ1n) is 7.50. The standard InChI is InChI=1S/C16H24N2O2S/c1-3-20-16(19)14-10-12(6-9-15(14)17)18-11-4-7-13(21-2)8-5-11/h6,9-11,13,18H,3-5,7-8,17H2,1-2H3. The average Bonchev–Trinajstić information content (AvgIpc) is 2.50. The van der Waals surface area contributed by atoms with Crippen molar-refractivity contribution >= 4 is 29.1 Å². The van der Waals surface area contributed by atoms with Crippen molar-refractivity contribution in [1.82, 2.24) is 0 Å². The van der Waals surface area contributed by atoms with Gasteiger partial charge in [0.15, 0.2) is 0 Å². The van der Waals surface area contributed by atoms with Crippen LogP contribution in [0.4, 0.5) is 11.4 Å². The Balaban J connectivity index is 2.01. The van der Waals surface area contributed by atoms with Crippen LogP contribution in [-0.4, -0.2) is 30.1 Å². The summed E-state index contributed by atoms with van der Waals surface area (Å²) in [5.74, 6) is -0.357. The molecule has 1 aliphatic rings. The van der Waals surface area contributed by atoms with E-state index in [9.17, 15) is 4.79 Å². The summed E-state index contributed by atoms with van der Waals surface area (Å²) in [5.41, 5.74) is 7.71. The number of anilines is 2. The Kier molecular flexibility index (Phi) is 5.79. The lowest BCUT2D eigenvalue weighted by Crippen LogP contribution is -2.27. The van der Waals surface area contributed by atoms with Crippen molar-refractivity contribution in [3.05, 3.63) is 23.8 Å². The molecule has 0 radical (unpaired) electrons. The number of thioether (sulfide) groups is 1. The molecule has 21 heavy (non-hydrogen) atoms. The summed E-state index contributed by atoms with van der Waals surface area (Å²) in [4.78, 5) is 11.9. The van der Waals surface area contributed by atoms with Gasteiger partial charge in [-0.25, -0.2) is 4.79 Å². The molecule has 116 valence electrons. The zero-order valence-corrected chi connectivity index (χ0v) is 13.5. The van der Waals surface area contributed by atoms with E-state index >= 15 is 0 Å². The highest BCUT2D eigenvalue weighted by molar-refractivity contribution is 7.99. The molecular weight excluding hydrogens is 284 g/mol. The molecule has 1 saturated carbocycles. The Morgan fingerprint density at radius 3 is 2.71 bits per heavy atom. The summed E-state index contributed by atoms with van der Waals surface area (Å²) in [6, 6.07) is 5.97. The Morgan fingerprint density at radius 1 is 1.38 bits per heavy atom. The van der Waals surface area contributed by atoms with Crippen molar-refractivity contribution in [2.24, 2.45) is 0 Å². The molecule has 0 bridgehead atoms. The second-order valence-corrected chi connectivity index (χ2v) is 6.51. The van der Waals surface area contributed by atoms with Crippen LogP contribution >= 0.6 is 11.8 Å². The van der Waals surface area contributed by atoms with Crippen LogP contribution in [0.15, 0.2) is 18.2 Å². The second kappa shape index (κ2) is 7.59. The molecule has 1 aromatic carbocycles. The smallest absolute Gasteiger partial charge is 0.340 e. The molecule has 0 aromatic heterocycles. The highest BCUT2D eigenvalue weighted by atomic mass is 32.2. The van der Waals surface area contributed by atoms with Gasteiger partial charge in [-0.1, -0.05) is 0 Å². The maximum Gasteiger partial charge on any atom is 0.340 e. The van der Waals surface area contributed by atoms with Crippen LogP contribution in [0, 0.1) is 0 Å². The predicted molar refractivity (Wildman–Crippen MR) is 90.0 cm³/mol. The molecule has 4 nitrogen and oxygen atoms in total. The van der Waals surface area contributed by atoms with Crippen LogP contribution in [0.3, 0.4) is 0 Å². The zero-order chi connectivity index (χ0) is 15.2. The van der Waals surface area contributed by atoms with E-state index in [1.165, 1.54) is 25.7 Å².